The van der Waals surface area contributed by atoms with Crippen LogP contribution >= 0.6 is 0 Å². The smallest absolute Gasteiger partial charge is 0.117 e. The maximum Gasteiger partial charge on any atom is 0.117 e. The molecule has 1 aromatic rings. The molecule has 0 saturated carbocycles. The van der Waals surface area contributed by atoms with Gasteiger partial charge in [-0.15, -0.1) is 0 Å². The van der Waals surface area contributed by atoms with E-state index in [1.807, 2.05) is 0 Å². The van der Waals surface area contributed by atoms with Crippen molar-refractivity contribution < 1.29 is 4.74 Å². The van der Waals surface area contributed by atoms with E-state index in [-0.39, 0.29) is 0 Å². The van der Waals surface area contributed by atoms with Crippen molar-refractivity contribution in [3.8, 4) is 0 Å². The summed E-state index contributed by atoms with van der Waals surface area (Å²) < 4.78 is 5.18. The Bertz CT molecular complexity index is 306. The van der Waals surface area contributed by atoms with Crippen molar-refractivity contribution in [2.24, 2.45) is 0 Å². The SMILES string of the molecule is [c]1n[nH]c2c1CN(C1COC1)CC2. The van der Waals surface area contributed by atoms with Crippen LogP contribution in [-0.4, -0.2) is 40.9 Å². The predicted molar refractivity (Wildman–Crippen MR) is 46.1 cm³/mol. The van der Waals surface area contributed by atoms with Gasteiger partial charge >= 0.3 is 0 Å². The van der Waals surface area contributed by atoms with Crippen molar-refractivity contribution >= 4 is 0 Å². The number of fused-ring (bicyclic) bond motifs is 1. The Balaban J connectivity index is 1.76. The molecule has 1 N–H and O–H groups in total. The number of hydrogen-bond donors (Lipinski definition) is 1. The van der Waals surface area contributed by atoms with Gasteiger partial charge < -0.3 is 4.74 Å². The molecule has 4 heteroatoms. The minimum atomic E-state index is 0.636. The molecule has 2 aliphatic heterocycles. The fourth-order valence-corrected chi connectivity index (χ4v) is 1.92. The molecular formula is C9H12N3O. The molecule has 2 aliphatic rings. The molecule has 0 amide bonds. The lowest BCUT2D eigenvalue weighted by Crippen LogP contribution is -2.50. The monoisotopic (exact) mass is 178 g/mol. The molecule has 1 aromatic heterocycles. The van der Waals surface area contributed by atoms with E-state index in [2.05, 4.69) is 21.3 Å². The minimum Gasteiger partial charge on any atom is -0.378 e. The summed E-state index contributed by atoms with van der Waals surface area (Å²) in [6.07, 6.45) is 4.07. The number of ether oxygens (including phenoxy) is 1. The van der Waals surface area contributed by atoms with Crippen molar-refractivity contribution in [3.05, 3.63) is 17.5 Å². The van der Waals surface area contributed by atoms with Crippen molar-refractivity contribution in [1.29, 1.82) is 0 Å². The highest BCUT2D eigenvalue weighted by Gasteiger charge is 2.29. The molecule has 0 unspecified atom stereocenters. The quantitative estimate of drug-likeness (QED) is 0.656. The average molecular weight is 178 g/mol. The molecule has 0 aliphatic carbocycles. The molecule has 3 rings (SSSR count). The van der Waals surface area contributed by atoms with Gasteiger partial charge in [0.1, 0.15) is 6.20 Å². The van der Waals surface area contributed by atoms with Crippen LogP contribution < -0.4 is 0 Å². The topological polar surface area (TPSA) is 41.2 Å². The van der Waals surface area contributed by atoms with E-state index in [4.69, 9.17) is 4.74 Å². The van der Waals surface area contributed by atoms with Gasteiger partial charge in [0, 0.05) is 30.8 Å². The molecule has 1 saturated heterocycles. The molecule has 1 fully saturated rings. The summed E-state index contributed by atoms with van der Waals surface area (Å²) in [7, 11) is 0. The summed E-state index contributed by atoms with van der Waals surface area (Å²) in [6.45, 7) is 3.90. The summed E-state index contributed by atoms with van der Waals surface area (Å²) in [5.74, 6) is 0. The molecule has 0 aromatic carbocycles. The first kappa shape index (κ1) is 7.53. The van der Waals surface area contributed by atoms with Crippen LogP contribution in [0.2, 0.25) is 0 Å². The third-order valence-corrected chi connectivity index (χ3v) is 2.89. The van der Waals surface area contributed by atoms with Crippen LogP contribution in [-0.2, 0) is 17.7 Å². The van der Waals surface area contributed by atoms with E-state index in [1.54, 1.807) is 0 Å². The Morgan fingerprint density at radius 2 is 2.46 bits per heavy atom. The van der Waals surface area contributed by atoms with E-state index in [1.165, 1.54) is 11.3 Å². The standard InChI is InChI=1S/C9H12N3O/c1-2-12(8-5-13-6-8)4-7-3-10-11-9(1)7/h8H,1-2,4-6H2,(H,10,11). The maximum atomic E-state index is 5.18. The van der Waals surface area contributed by atoms with E-state index < -0.39 is 0 Å². The first-order chi connectivity index (χ1) is 6.43. The fraction of sp³-hybridized carbons (Fsp3) is 0.667. The van der Waals surface area contributed by atoms with Gasteiger partial charge in [-0.2, -0.15) is 5.10 Å². The average Bonchev–Trinajstić information content (AvgIpc) is 2.47. The van der Waals surface area contributed by atoms with Crippen LogP contribution in [0.25, 0.3) is 0 Å². The van der Waals surface area contributed by atoms with E-state index in [9.17, 15) is 0 Å². The Hall–Kier alpha value is -0.870. The number of hydrogen-bond acceptors (Lipinski definition) is 3. The third-order valence-electron chi connectivity index (χ3n) is 2.89. The van der Waals surface area contributed by atoms with E-state index in [0.29, 0.717) is 6.04 Å². The second-order valence-corrected chi connectivity index (χ2v) is 3.70. The van der Waals surface area contributed by atoms with Crippen LogP contribution in [0, 0.1) is 6.20 Å². The Kier molecular flexibility index (Phi) is 1.63. The zero-order valence-corrected chi connectivity index (χ0v) is 7.42. The van der Waals surface area contributed by atoms with Crippen LogP contribution in [0.15, 0.2) is 0 Å². The lowest BCUT2D eigenvalue weighted by atomic mass is 10.1. The van der Waals surface area contributed by atoms with Gasteiger partial charge in [0.15, 0.2) is 0 Å². The number of nitrogens with one attached hydrogen (secondary N) is 1. The van der Waals surface area contributed by atoms with Gasteiger partial charge in [0.25, 0.3) is 0 Å². The van der Waals surface area contributed by atoms with Crippen molar-refractivity contribution in [1.82, 2.24) is 15.1 Å². The fourth-order valence-electron chi connectivity index (χ4n) is 1.92. The van der Waals surface area contributed by atoms with Crippen LogP contribution in [0.5, 0.6) is 0 Å². The molecule has 0 bridgehead atoms. The summed E-state index contributed by atoms with van der Waals surface area (Å²) in [4.78, 5) is 2.46. The Labute approximate surface area is 76.9 Å². The summed E-state index contributed by atoms with van der Waals surface area (Å²) in [6, 6.07) is 0.636. The molecule has 0 atom stereocenters. The predicted octanol–water partition coefficient (Wildman–Crippen LogP) is -0.0332. The van der Waals surface area contributed by atoms with Gasteiger partial charge in [-0.25, -0.2) is 0 Å². The van der Waals surface area contributed by atoms with Gasteiger partial charge in [0.2, 0.25) is 0 Å². The largest absolute Gasteiger partial charge is 0.378 e. The Morgan fingerprint density at radius 1 is 1.54 bits per heavy atom. The lowest BCUT2D eigenvalue weighted by molar-refractivity contribution is -0.0695. The zero-order valence-electron chi connectivity index (χ0n) is 7.42. The summed E-state index contributed by atoms with van der Waals surface area (Å²) in [5, 5.41) is 6.92. The lowest BCUT2D eigenvalue weighted by Gasteiger charge is -2.38. The third kappa shape index (κ3) is 1.17. The molecule has 69 valence electrons. The van der Waals surface area contributed by atoms with Gasteiger partial charge in [-0.3, -0.25) is 10.00 Å². The van der Waals surface area contributed by atoms with Gasteiger partial charge in [-0.05, 0) is 0 Å². The van der Waals surface area contributed by atoms with Gasteiger partial charge in [-0.1, -0.05) is 0 Å². The molecule has 3 heterocycles. The number of rotatable bonds is 1. The second kappa shape index (κ2) is 2.82. The number of aromatic nitrogens is 2. The highest BCUT2D eigenvalue weighted by molar-refractivity contribution is 5.18. The second-order valence-electron chi connectivity index (χ2n) is 3.70. The van der Waals surface area contributed by atoms with Gasteiger partial charge in [0.05, 0.1) is 19.3 Å². The van der Waals surface area contributed by atoms with E-state index in [0.717, 1.165) is 32.7 Å². The van der Waals surface area contributed by atoms with Crippen LogP contribution in [0.4, 0.5) is 0 Å². The highest BCUT2D eigenvalue weighted by Crippen LogP contribution is 2.20. The first-order valence-corrected chi connectivity index (χ1v) is 4.69. The first-order valence-electron chi connectivity index (χ1n) is 4.69. The summed E-state index contributed by atoms with van der Waals surface area (Å²) >= 11 is 0. The number of nitrogens with zero attached hydrogens (tertiary/aromatic N) is 2. The molecule has 4 nitrogen and oxygen atoms in total. The number of H-pyrrole nitrogens is 1. The van der Waals surface area contributed by atoms with Crippen LogP contribution in [0.1, 0.15) is 11.3 Å². The Morgan fingerprint density at radius 3 is 3.23 bits per heavy atom. The zero-order chi connectivity index (χ0) is 8.67. The minimum absolute atomic E-state index is 0.636. The van der Waals surface area contributed by atoms with Crippen molar-refractivity contribution in [2.75, 3.05) is 19.8 Å². The van der Waals surface area contributed by atoms with E-state index >= 15 is 0 Å². The normalized spacial score (nSPS) is 24.0. The van der Waals surface area contributed by atoms with Crippen molar-refractivity contribution in [2.45, 2.75) is 19.0 Å². The molecule has 0 spiro atoms. The van der Waals surface area contributed by atoms with Crippen LogP contribution in [0.3, 0.4) is 0 Å². The number of aromatic amines is 1. The van der Waals surface area contributed by atoms with Crippen molar-refractivity contribution in [3.63, 3.8) is 0 Å². The summed E-state index contributed by atoms with van der Waals surface area (Å²) in [5.41, 5.74) is 2.50. The molecule has 13 heavy (non-hydrogen) atoms. The molecular weight excluding hydrogens is 166 g/mol. The molecule has 1 radical (unpaired) electrons. The maximum absolute atomic E-state index is 5.18. The highest BCUT2D eigenvalue weighted by atomic mass is 16.5.